The van der Waals surface area contributed by atoms with Crippen LogP contribution in [0.3, 0.4) is 0 Å². The third-order valence-corrected chi connectivity index (χ3v) is 3.48. The maximum Gasteiger partial charge on any atom is 0.326 e. The first-order valence-corrected chi connectivity index (χ1v) is 6.24. The number of hydrogen-bond acceptors (Lipinski definition) is 4. The van der Waals surface area contributed by atoms with Crippen LogP contribution in [0.15, 0.2) is 0 Å². The number of nitrogens with zero attached hydrogens (tertiary/aromatic N) is 1. The Morgan fingerprint density at radius 3 is 2.67 bits per heavy atom. The minimum atomic E-state index is -0.981. The van der Waals surface area contributed by atoms with E-state index >= 15 is 0 Å². The van der Waals surface area contributed by atoms with Crippen molar-refractivity contribution in [1.82, 2.24) is 4.90 Å². The average Bonchev–Trinajstić information content (AvgIpc) is 3.05. The van der Waals surface area contributed by atoms with E-state index in [9.17, 15) is 9.59 Å². The highest BCUT2D eigenvalue weighted by molar-refractivity contribution is 5.85. The molecule has 6 heteroatoms. The lowest BCUT2D eigenvalue weighted by atomic mass is 10.2. The zero-order chi connectivity index (χ0) is 13.1. The average molecular weight is 257 g/mol. The van der Waals surface area contributed by atoms with Crippen LogP contribution in [0.5, 0.6) is 0 Å². The Kier molecular flexibility index (Phi) is 4.19. The van der Waals surface area contributed by atoms with Gasteiger partial charge in [0.2, 0.25) is 5.91 Å². The van der Waals surface area contributed by atoms with Gasteiger partial charge >= 0.3 is 5.97 Å². The van der Waals surface area contributed by atoms with Crippen LogP contribution in [-0.4, -0.2) is 60.9 Å². The van der Waals surface area contributed by atoms with Crippen LogP contribution in [0.2, 0.25) is 0 Å². The third kappa shape index (κ3) is 3.20. The van der Waals surface area contributed by atoms with Crippen molar-refractivity contribution in [1.29, 1.82) is 0 Å². The van der Waals surface area contributed by atoms with Crippen LogP contribution in [0.1, 0.15) is 19.3 Å². The van der Waals surface area contributed by atoms with Gasteiger partial charge in [-0.05, 0) is 18.8 Å². The standard InChI is InChI=1S/C12H19NO5/c1-17-9-4-10(12(15)16)13(5-9)11(14)7-18-6-8-2-3-8/h8-10H,2-7H2,1H3,(H,15,16). The maximum absolute atomic E-state index is 11.9. The molecule has 1 saturated heterocycles. The fourth-order valence-electron chi connectivity index (χ4n) is 2.16. The first kappa shape index (κ1) is 13.3. The van der Waals surface area contributed by atoms with E-state index in [4.69, 9.17) is 14.6 Å². The van der Waals surface area contributed by atoms with E-state index in [1.54, 1.807) is 0 Å². The second-order valence-corrected chi connectivity index (χ2v) is 4.95. The van der Waals surface area contributed by atoms with Crippen molar-refractivity contribution in [3.05, 3.63) is 0 Å². The Labute approximate surface area is 106 Å². The van der Waals surface area contributed by atoms with Crippen LogP contribution in [-0.2, 0) is 19.1 Å². The molecule has 1 aliphatic carbocycles. The monoisotopic (exact) mass is 257 g/mol. The smallest absolute Gasteiger partial charge is 0.326 e. The van der Waals surface area contributed by atoms with Gasteiger partial charge in [-0.25, -0.2) is 4.79 Å². The van der Waals surface area contributed by atoms with Gasteiger partial charge in [0.15, 0.2) is 0 Å². The van der Waals surface area contributed by atoms with Gasteiger partial charge in [-0.3, -0.25) is 4.79 Å². The minimum Gasteiger partial charge on any atom is -0.480 e. The zero-order valence-electron chi connectivity index (χ0n) is 10.5. The summed E-state index contributed by atoms with van der Waals surface area (Å²) in [5.74, 6) is -0.647. The fraction of sp³-hybridized carbons (Fsp3) is 0.833. The number of amides is 1. The van der Waals surface area contributed by atoms with Gasteiger partial charge < -0.3 is 19.5 Å². The highest BCUT2D eigenvalue weighted by Crippen LogP contribution is 2.28. The van der Waals surface area contributed by atoms with Gasteiger partial charge in [-0.15, -0.1) is 0 Å². The second kappa shape index (κ2) is 5.67. The molecule has 0 bridgehead atoms. The van der Waals surface area contributed by atoms with Gasteiger partial charge in [0, 0.05) is 20.1 Å². The number of methoxy groups -OCH3 is 1. The molecule has 1 aliphatic heterocycles. The lowest BCUT2D eigenvalue weighted by Crippen LogP contribution is -2.42. The summed E-state index contributed by atoms with van der Waals surface area (Å²) < 4.78 is 10.4. The van der Waals surface area contributed by atoms with Gasteiger partial charge in [0.1, 0.15) is 12.6 Å². The Morgan fingerprint density at radius 1 is 1.39 bits per heavy atom. The van der Waals surface area contributed by atoms with E-state index in [0.29, 0.717) is 25.5 Å². The van der Waals surface area contributed by atoms with Crippen LogP contribution in [0.25, 0.3) is 0 Å². The zero-order valence-corrected chi connectivity index (χ0v) is 10.5. The van der Waals surface area contributed by atoms with E-state index in [1.165, 1.54) is 24.9 Å². The summed E-state index contributed by atoms with van der Waals surface area (Å²) >= 11 is 0. The summed E-state index contributed by atoms with van der Waals surface area (Å²) in [7, 11) is 1.53. The molecule has 102 valence electrons. The molecule has 6 nitrogen and oxygen atoms in total. The van der Waals surface area contributed by atoms with Crippen molar-refractivity contribution < 1.29 is 24.2 Å². The van der Waals surface area contributed by atoms with E-state index in [2.05, 4.69) is 0 Å². The number of hydrogen-bond donors (Lipinski definition) is 1. The third-order valence-electron chi connectivity index (χ3n) is 3.48. The fourth-order valence-corrected chi connectivity index (χ4v) is 2.16. The highest BCUT2D eigenvalue weighted by Gasteiger charge is 2.39. The molecule has 18 heavy (non-hydrogen) atoms. The lowest BCUT2D eigenvalue weighted by molar-refractivity contribution is -0.150. The largest absolute Gasteiger partial charge is 0.480 e. The van der Waals surface area contributed by atoms with E-state index < -0.39 is 12.0 Å². The first-order chi connectivity index (χ1) is 8.61. The highest BCUT2D eigenvalue weighted by atomic mass is 16.5. The molecule has 0 radical (unpaired) electrons. The van der Waals surface area contributed by atoms with E-state index in [0.717, 1.165) is 0 Å². The Morgan fingerprint density at radius 2 is 2.11 bits per heavy atom. The molecular weight excluding hydrogens is 238 g/mol. The molecule has 1 saturated carbocycles. The summed E-state index contributed by atoms with van der Waals surface area (Å²) in [6, 6.07) is -0.785. The van der Waals surface area contributed by atoms with Gasteiger partial charge in [0.25, 0.3) is 0 Å². The molecule has 0 spiro atoms. The summed E-state index contributed by atoms with van der Waals surface area (Å²) in [6.07, 6.45) is 2.49. The Bertz CT molecular complexity index is 328. The SMILES string of the molecule is COC1CC(C(=O)O)N(C(=O)COCC2CC2)C1. The number of carbonyl (C=O) groups is 2. The molecule has 1 heterocycles. The molecule has 1 amide bonds. The quantitative estimate of drug-likeness (QED) is 0.731. The normalized spacial score (nSPS) is 27.5. The molecule has 2 rings (SSSR count). The van der Waals surface area contributed by atoms with Crippen LogP contribution < -0.4 is 0 Å². The summed E-state index contributed by atoms with van der Waals surface area (Å²) in [4.78, 5) is 24.3. The lowest BCUT2D eigenvalue weighted by Gasteiger charge is -2.21. The van der Waals surface area contributed by atoms with Crippen molar-refractivity contribution in [3.8, 4) is 0 Å². The number of aliphatic carboxylic acids is 1. The molecule has 0 aromatic heterocycles. The number of carboxylic acid groups (broad SMARTS) is 1. The van der Waals surface area contributed by atoms with Gasteiger partial charge in [-0.1, -0.05) is 0 Å². The number of ether oxygens (including phenoxy) is 2. The van der Waals surface area contributed by atoms with Crippen molar-refractivity contribution in [2.45, 2.75) is 31.4 Å². The number of carbonyl (C=O) groups excluding carboxylic acids is 1. The van der Waals surface area contributed by atoms with Crippen LogP contribution in [0, 0.1) is 5.92 Å². The minimum absolute atomic E-state index is 0.0310. The molecule has 0 aromatic carbocycles. The molecule has 2 atom stereocenters. The molecule has 0 aromatic rings. The van der Waals surface area contributed by atoms with Gasteiger partial charge in [0.05, 0.1) is 12.7 Å². The number of likely N-dealkylation sites (tertiary alicyclic amines) is 1. The maximum atomic E-state index is 11.9. The molecular formula is C12H19NO5. The molecule has 2 unspecified atom stereocenters. The van der Waals surface area contributed by atoms with Crippen molar-refractivity contribution in [2.75, 3.05) is 26.9 Å². The predicted molar refractivity (Wildman–Crippen MR) is 62.1 cm³/mol. The van der Waals surface area contributed by atoms with Gasteiger partial charge in [-0.2, -0.15) is 0 Å². The molecule has 1 N–H and O–H groups in total. The summed E-state index contributed by atoms with van der Waals surface area (Å²) in [5.41, 5.74) is 0. The Hall–Kier alpha value is -1.14. The topological polar surface area (TPSA) is 76.1 Å². The first-order valence-electron chi connectivity index (χ1n) is 6.24. The van der Waals surface area contributed by atoms with Crippen molar-refractivity contribution in [3.63, 3.8) is 0 Å². The van der Waals surface area contributed by atoms with E-state index in [-0.39, 0.29) is 18.6 Å². The second-order valence-electron chi connectivity index (χ2n) is 4.95. The van der Waals surface area contributed by atoms with E-state index in [1.807, 2.05) is 0 Å². The summed E-state index contributed by atoms with van der Waals surface area (Å²) in [6.45, 7) is 0.904. The van der Waals surface area contributed by atoms with Crippen LogP contribution >= 0.6 is 0 Å². The van der Waals surface area contributed by atoms with Crippen LogP contribution in [0.4, 0.5) is 0 Å². The molecule has 2 fully saturated rings. The predicted octanol–water partition coefficient (Wildman–Crippen LogP) is 0.114. The van der Waals surface area contributed by atoms with Crippen molar-refractivity contribution in [2.24, 2.45) is 5.92 Å². The number of rotatable bonds is 6. The summed E-state index contributed by atoms with van der Waals surface area (Å²) in [5, 5.41) is 9.08. The van der Waals surface area contributed by atoms with Crippen molar-refractivity contribution >= 4 is 11.9 Å². The Balaban J connectivity index is 1.83. The number of carboxylic acids is 1. The molecule has 2 aliphatic rings.